The lowest BCUT2D eigenvalue weighted by molar-refractivity contribution is 0.694. The Kier molecular flexibility index (Phi) is 2.04. The van der Waals surface area contributed by atoms with Crippen molar-refractivity contribution in [3.05, 3.63) is 11.1 Å². The maximum Gasteiger partial charge on any atom is 0.106 e. The van der Waals surface area contributed by atoms with Crippen molar-refractivity contribution < 1.29 is 4.21 Å². The smallest absolute Gasteiger partial charge is 0.106 e. The molecule has 0 aromatic heterocycles. The molecular formula is C7H11NOS. The van der Waals surface area contributed by atoms with Crippen molar-refractivity contribution in [2.75, 3.05) is 0 Å². The zero-order valence-corrected chi connectivity index (χ0v) is 7.23. The van der Waals surface area contributed by atoms with Crippen LogP contribution in [0.4, 0.5) is 0 Å². The topological polar surface area (TPSA) is 29.4 Å². The van der Waals surface area contributed by atoms with Crippen molar-refractivity contribution >= 4 is 15.8 Å². The van der Waals surface area contributed by atoms with Crippen molar-refractivity contribution in [3.63, 3.8) is 0 Å². The Morgan fingerprint density at radius 1 is 1.60 bits per heavy atom. The third-order valence-electron chi connectivity index (χ3n) is 1.40. The second-order valence-corrected chi connectivity index (χ2v) is 4.05. The first-order chi connectivity index (χ1) is 4.61. The second-order valence-electron chi connectivity index (χ2n) is 2.63. The first-order valence-corrected chi connectivity index (χ1v) is 4.50. The monoisotopic (exact) mass is 157 g/mol. The van der Waals surface area contributed by atoms with Gasteiger partial charge in [0.05, 0.1) is 16.5 Å². The van der Waals surface area contributed by atoms with E-state index < -0.39 is 10.8 Å². The minimum atomic E-state index is -0.930. The number of aliphatic imine (C=N–C) groups is 1. The molecule has 0 amide bonds. The van der Waals surface area contributed by atoms with Gasteiger partial charge in [0.1, 0.15) is 5.04 Å². The summed E-state index contributed by atoms with van der Waals surface area (Å²) in [5.74, 6) is 0.390. The molecule has 0 radical (unpaired) electrons. The Hall–Kier alpha value is -0.440. The standard InChI is InChI=1S/C7H11NOS/c1-5(2)7-4-10(9)6(3)8-7/h4-5H,1-3H3. The molecule has 1 atom stereocenters. The van der Waals surface area contributed by atoms with Crippen LogP contribution in [-0.4, -0.2) is 9.25 Å². The highest BCUT2D eigenvalue weighted by Crippen LogP contribution is 2.18. The van der Waals surface area contributed by atoms with Crippen LogP contribution in [-0.2, 0) is 10.8 Å². The van der Waals surface area contributed by atoms with E-state index in [1.54, 1.807) is 12.3 Å². The molecule has 0 spiro atoms. The number of hydrogen-bond acceptors (Lipinski definition) is 2. The largest absolute Gasteiger partial charge is 0.248 e. The predicted molar refractivity (Wildman–Crippen MR) is 44.2 cm³/mol. The minimum absolute atomic E-state index is 0.390. The zero-order chi connectivity index (χ0) is 7.72. The summed E-state index contributed by atoms with van der Waals surface area (Å²) in [4.78, 5) is 4.15. The van der Waals surface area contributed by atoms with Gasteiger partial charge < -0.3 is 0 Å². The molecule has 2 nitrogen and oxygen atoms in total. The normalized spacial score (nSPS) is 25.0. The fourth-order valence-corrected chi connectivity index (χ4v) is 1.62. The summed E-state index contributed by atoms with van der Waals surface area (Å²) in [7, 11) is -0.930. The van der Waals surface area contributed by atoms with Crippen LogP contribution in [0.3, 0.4) is 0 Å². The molecule has 1 unspecified atom stereocenters. The van der Waals surface area contributed by atoms with E-state index in [0.717, 1.165) is 10.7 Å². The molecule has 0 aliphatic carbocycles. The van der Waals surface area contributed by atoms with Crippen molar-refractivity contribution in [1.82, 2.24) is 0 Å². The number of hydrogen-bond donors (Lipinski definition) is 0. The SMILES string of the molecule is CC1=NC(C(C)C)=CS1=O. The number of nitrogens with zero attached hydrogens (tertiary/aromatic N) is 1. The highest BCUT2D eigenvalue weighted by atomic mass is 32.2. The highest BCUT2D eigenvalue weighted by Gasteiger charge is 2.13. The van der Waals surface area contributed by atoms with Gasteiger partial charge in [0, 0.05) is 5.41 Å². The Bertz CT molecular complexity index is 228. The second kappa shape index (κ2) is 2.66. The highest BCUT2D eigenvalue weighted by molar-refractivity contribution is 8.03. The lowest BCUT2D eigenvalue weighted by Crippen LogP contribution is -1.91. The van der Waals surface area contributed by atoms with Crippen LogP contribution in [0.2, 0.25) is 0 Å². The van der Waals surface area contributed by atoms with E-state index >= 15 is 0 Å². The summed E-state index contributed by atoms with van der Waals surface area (Å²) in [6.07, 6.45) is 0. The van der Waals surface area contributed by atoms with Gasteiger partial charge in [-0.3, -0.25) is 0 Å². The third-order valence-corrected chi connectivity index (χ3v) is 2.53. The van der Waals surface area contributed by atoms with Crippen LogP contribution < -0.4 is 0 Å². The van der Waals surface area contributed by atoms with Gasteiger partial charge in [-0.1, -0.05) is 13.8 Å². The molecule has 0 saturated carbocycles. The Morgan fingerprint density at radius 3 is 2.40 bits per heavy atom. The van der Waals surface area contributed by atoms with Crippen molar-refractivity contribution in [1.29, 1.82) is 0 Å². The molecule has 1 aliphatic rings. The van der Waals surface area contributed by atoms with E-state index in [4.69, 9.17) is 0 Å². The van der Waals surface area contributed by atoms with E-state index in [-0.39, 0.29) is 0 Å². The zero-order valence-electron chi connectivity index (χ0n) is 6.42. The molecule has 10 heavy (non-hydrogen) atoms. The summed E-state index contributed by atoms with van der Waals surface area (Å²) < 4.78 is 11.0. The Labute approximate surface area is 63.5 Å². The maximum atomic E-state index is 11.0. The van der Waals surface area contributed by atoms with Gasteiger partial charge in [0.15, 0.2) is 0 Å². The molecule has 0 saturated heterocycles. The van der Waals surface area contributed by atoms with Gasteiger partial charge in [-0.05, 0) is 12.8 Å². The van der Waals surface area contributed by atoms with Crippen LogP contribution >= 0.6 is 0 Å². The molecule has 0 aromatic rings. The molecule has 0 N–H and O–H groups in total. The van der Waals surface area contributed by atoms with Crippen LogP contribution in [0.1, 0.15) is 20.8 Å². The summed E-state index contributed by atoms with van der Waals surface area (Å²) in [6.45, 7) is 5.89. The fourth-order valence-electron chi connectivity index (χ4n) is 0.713. The van der Waals surface area contributed by atoms with E-state index in [1.807, 2.05) is 13.8 Å². The van der Waals surface area contributed by atoms with Gasteiger partial charge >= 0.3 is 0 Å². The minimum Gasteiger partial charge on any atom is -0.248 e. The molecule has 1 aliphatic heterocycles. The van der Waals surface area contributed by atoms with Crippen molar-refractivity contribution in [3.8, 4) is 0 Å². The number of allylic oxidation sites excluding steroid dienone is 1. The molecule has 1 heterocycles. The Balaban J connectivity index is 2.85. The molecule has 56 valence electrons. The molecular weight excluding hydrogens is 146 g/mol. The van der Waals surface area contributed by atoms with Gasteiger partial charge in [-0.2, -0.15) is 0 Å². The maximum absolute atomic E-state index is 11.0. The third kappa shape index (κ3) is 1.34. The van der Waals surface area contributed by atoms with Gasteiger partial charge in [-0.25, -0.2) is 9.20 Å². The first-order valence-electron chi connectivity index (χ1n) is 3.29. The molecule has 1 rings (SSSR count). The van der Waals surface area contributed by atoms with Crippen LogP contribution in [0.5, 0.6) is 0 Å². The summed E-state index contributed by atoms with van der Waals surface area (Å²) >= 11 is 0. The summed E-state index contributed by atoms with van der Waals surface area (Å²) in [5, 5.41) is 2.45. The molecule has 0 fully saturated rings. The number of rotatable bonds is 1. The summed E-state index contributed by atoms with van der Waals surface area (Å²) in [5.41, 5.74) is 0.954. The van der Waals surface area contributed by atoms with Crippen LogP contribution in [0.25, 0.3) is 0 Å². The average Bonchev–Trinajstić information content (AvgIpc) is 2.13. The first kappa shape index (κ1) is 7.66. The fraction of sp³-hybridized carbons (Fsp3) is 0.571. The van der Waals surface area contributed by atoms with E-state index in [9.17, 15) is 4.21 Å². The van der Waals surface area contributed by atoms with Crippen LogP contribution in [0, 0.1) is 5.92 Å². The van der Waals surface area contributed by atoms with E-state index in [1.165, 1.54) is 0 Å². The van der Waals surface area contributed by atoms with E-state index in [2.05, 4.69) is 4.99 Å². The average molecular weight is 157 g/mol. The van der Waals surface area contributed by atoms with Crippen molar-refractivity contribution in [2.45, 2.75) is 20.8 Å². The lowest BCUT2D eigenvalue weighted by Gasteiger charge is -1.98. The van der Waals surface area contributed by atoms with Crippen molar-refractivity contribution in [2.24, 2.45) is 10.9 Å². The van der Waals surface area contributed by atoms with Gasteiger partial charge in [-0.15, -0.1) is 0 Å². The lowest BCUT2D eigenvalue weighted by atomic mass is 10.2. The quantitative estimate of drug-likeness (QED) is 0.569. The van der Waals surface area contributed by atoms with Gasteiger partial charge in [0.2, 0.25) is 0 Å². The Morgan fingerprint density at radius 2 is 2.20 bits per heavy atom. The predicted octanol–water partition coefficient (Wildman–Crippen LogP) is 1.66. The molecule has 0 bridgehead atoms. The van der Waals surface area contributed by atoms with E-state index in [0.29, 0.717) is 5.92 Å². The molecule has 3 heteroatoms. The molecule has 0 aromatic carbocycles. The summed E-state index contributed by atoms with van der Waals surface area (Å²) in [6, 6.07) is 0. The van der Waals surface area contributed by atoms with Gasteiger partial charge in [0.25, 0.3) is 0 Å². The van der Waals surface area contributed by atoms with Crippen LogP contribution in [0.15, 0.2) is 16.1 Å².